The van der Waals surface area contributed by atoms with E-state index in [-0.39, 0.29) is 17.6 Å². The highest BCUT2D eigenvalue weighted by atomic mass is 19.1. The first-order chi connectivity index (χ1) is 6.96. The second kappa shape index (κ2) is 4.71. The van der Waals surface area contributed by atoms with Crippen LogP contribution in [-0.4, -0.2) is 5.54 Å². The van der Waals surface area contributed by atoms with E-state index in [0.29, 0.717) is 0 Å². The van der Waals surface area contributed by atoms with Crippen LogP contribution in [0.2, 0.25) is 0 Å². The van der Waals surface area contributed by atoms with Crippen molar-refractivity contribution in [1.29, 1.82) is 0 Å². The molecule has 1 aromatic carbocycles. The highest BCUT2D eigenvalue weighted by Crippen LogP contribution is 2.14. The van der Waals surface area contributed by atoms with Crippen LogP contribution < -0.4 is 5.32 Å². The summed E-state index contributed by atoms with van der Waals surface area (Å²) in [7, 11) is 0. The Morgan fingerprint density at radius 1 is 1.20 bits per heavy atom. The van der Waals surface area contributed by atoms with Gasteiger partial charge in [-0.15, -0.1) is 0 Å². The molecule has 0 aliphatic heterocycles. The van der Waals surface area contributed by atoms with Gasteiger partial charge in [-0.25, -0.2) is 8.78 Å². The Labute approximate surface area is 89.5 Å². The van der Waals surface area contributed by atoms with Crippen molar-refractivity contribution in [3.63, 3.8) is 0 Å². The van der Waals surface area contributed by atoms with Crippen LogP contribution in [0.3, 0.4) is 0 Å². The lowest BCUT2D eigenvalue weighted by Crippen LogP contribution is -2.38. The van der Waals surface area contributed by atoms with Gasteiger partial charge in [0.25, 0.3) is 0 Å². The largest absolute Gasteiger partial charge is 0.308 e. The van der Waals surface area contributed by atoms with E-state index >= 15 is 0 Å². The molecule has 1 aromatic rings. The van der Waals surface area contributed by atoms with Gasteiger partial charge in [-0.1, -0.05) is 13.0 Å². The molecule has 0 atom stereocenters. The summed E-state index contributed by atoms with van der Waals surface area (Å²) in [6.45, 7) is 6.27. The average Bonchev–Trinajstić information content (AvgIpc) is 2.17. The van der Waals surface area contributed by atoms with Crippen LogP contribution in [-0.2, 0) is 6.54 Å². The first kappa shape index (κ1) is 12.1. The van der Waals surface area contributed by atoms with Crippen molar-refractivity contribution in [2.75, 3.05) is 0 Å². The van der Waals surface area contributed by atoms with Gasteiger partial charge in [-0.2, -0.15) is 0 Å². The van der Waals surface area contributed by atoms with E-state index in [2.05, 4.69) is 5.32 Å². The second-order valence-corrected chi connectivity index (χ2v) is 4.29. The van der Waals surface area contributed by atoms with Crippen LogP contribution in [0.1, 0.15) is 32.8 Å². The lowest BCUT2D eigenvalue weighted by molar-refractivity contribution is 0.366. The SMILES string of the molecule is CCC(C)(C)NCc1c(F)cccc1F. The molecule has 1 rings (SSSR count). The molecule has 0 aliphatic carbocycles. The summed E-state index contributed by atoms with van der Waals surface area (Å²) in [5.41, 5.74) is 0.00775. The van der Waals surface area contributed by atoms with Crippen molar-refractivity contribution in [3.05, 3.63) is 35.4 Å². The standard InChI is InChI=1S/C12H17F2N/c1-4-12(2,3)15-8-9-10(13)6-5-7-11(9)14/h5-7,15H,4,8H2,1-3H3. The van der Waals surface area contributed by atoms with Crippen molar-refractivity contribution < 1.29 is 8.78 Å². The van der Waals surface area contributed by atoms with Crippen LogP contribution in [0.4, 0.5) is 8.78 Å². The fraction of sp³-hybridized carbons (Fsp3) is 0.500. The molecular formula is C12H17F2N. The number of benzene rings is 1. The zero-order valence-corrected chi connectivity index (χ0v) is 9.40. The van der Waals surface area contributed by atoms with E-state index in [0.717, 1.165) is 6.42 Å². The molecule has 1 nitrogen and oxygen atoms in total. The zero-order valence-electron chi connectivity index (χ0n) is 9.40. The Morgan fingerprint density at radius 2 is 1.73 bits per heavy atom. The maximum absolute atomic E-state index is 13.2. The third kappa shape index (κ3) is 3.27. The molecule has 0 radical (unpaired) electrons. The fourth-order valence-corrected chi connectivity index (χ4v) is 1.15. The van der Waals surface area contributed by atoms with Gasteiger partial charge in [0.2, 0.25) is 0 Å². The first-order valence-electron chi connectivity index (χ1n) is 5.14. The molecular weight excluding hydrogens is 196 g/mol. The molecule has 1 N–H and O–H groups in total. The van der Waals surface area contributed by atoms with Gasteiger partial charge >= 0.3 is 0 Å². The van der Waals surface area contributed by atoms with Crippen molar-refractivity contribution in [1.82, 2.24) is 5.32 Å². The molecule has 0 bridgehead atoms. The Morgan fingerprint density at radius 3 is 2.20 bits per heavy atom. The minimum atomic E-state index is -0.491. The van der Waals surface area contributed by atoms with E-state index < -0.39 is 11.6 Å². The lowest BCUT2D eigenvalue weighted by atomic mass is 10.0. The van der Waals surface area contributed by atoms with Crippen molar-refractivity contribution >= 4 is 0 Å². The number of hydrogen-bond acceptors (Lipinski definition) is 1. The van der Waals surface area contributed by atoms with E-state index in [9.17, 15) is 8.78 Å². The van der Waals surface area contributed by atoms with Crippen molar-refractivity contribution in [2.45, 2.75) is 39.3 Å². The predicted octanol–water partition coefficient (Wildman–Crippen LogP) is 3.24. The number of halogens is 2. The zero-order chi connectivity index (χ0) is 11.5. The van der Waals surface area contributed by atoms with Gasteiger partial charge in [0, 0.05) is 17.6 Å². The Hall–Kier alpha value is -0.960. The maximum Gasteiger partial charge on any atom is 0.130 e. The van der Waals surface area contributed by atoms with Gasteiger partial charge < -0.3 is 5.32 Å². The number of nitrogens with one attached hydrogen (secondary N) is 1. The molecule has 0 unspecified atom stereocenters. The molecule has 0 saturated heterocycles. The molecule has 3 heteroatoms. The van der Waals surface area contributed by atoms with E-state index in [4.69, 9.17) is 0 Å². The monoisotopic (exact) mass is 213 g/mol. The normalized spacial score (nSPS) is 11.8. The van der Waals surface area contributed by atoms with Gasteiger partial charge in [-0.05, 0) is 32.4 Å². The topological polar surface area (TPSA) is 12.0 Å². The summed E-state index contributed by atoms with van der Waals surface area (Å²) in [4.78, 5) is 0. The van der Waals surface area contributed by atoms with E-state index in [1.165, 1.54) is 18.2 Å². The first-order valence-corrected chi connectivity index (χ1v) is 5.14. The summed E-state index contributed by atoms with van der Waals surface area (Å²) >= 11 is 0. The maximum atomic E-state index is 13.2. The Balaban J connectivity index is 2.73. The molecule has 0 spiro atoms. The summed E-state index contributed by atoms with van der Waals surface area (Å²) in [6.07, 6.45) is 0.906. The summed E-state index contributed by atoms with van der Waals surface area (Å²) in [5.74, 6) is -0.983. The van der Waals surface area contributed by atoms with E-state index in [1.807, 2.05) is 20.8 Å². The van der Waals surface area contributed by atoms with Crippen molar-refractivity contribution in [2.24, 2.45) is 0 Å². The third-order valence-electron chi connectivity index (χ3n) is 2.69. The Kier molecular flexibility index (Phi) is 3.80. The number of rotatable bonds is 4. The molecule has 0 fully saturated rings. The molecule has 15 heavy (non-hydrogen) atoms. The minimum Gasteiger partial charge on any atom is -0.308 e. The predicted molar refractivity (Wildman–Crippen MR) is 57.6 cm³/mol. The van der Waals surface area contributed by atoms with Crippen molar-refractivity contribution in [3.8, 4) is 0 Å². The molecule has 84 valence electrons. The van der Waals surface area contributed by atoms with Gasteiger partial charge in [-0.3, -0.25) is 0 Å². The molecule has 0 amide bonds. The average molecular weight is 213 g/mol. The highest BCUT2D eigenvalue weighted by Gasteiger charge is 2.16. The van der Waals surface area contributed by atoms with Crippen LogP contribution in [0, 0.1) is 11.6 Å². The van der Waals surface area contributed by atoms with Gasteiger partial charge in [0.15, 0.2) is 0 Å². The molecule has 0 aromatic heterocycles. The molecule has 0 aliphatic rings. The smallest absolute Gasteiger partial charge is 0.130 e. The van der Waals surface area contributed by atoms with Crippen LogP contribution in [0.5, 0.6) is 0 Å². The summed E-state index contributed by atoms with van der Waals surface area (Å²) in [5, 5.41) is 3.13. The second-order valence-electron chi connectivity index (χ2n) is 4.29. The van der Waals surface area contributed by atoms with Gasteiger partial charge in [0.05, 0.1) is 0 Å². The summed E-state index contributed by atoms with van der Waals surface area (Å²) in [6, 6.07) is 3.93. The highest BCUT2D eigenvalue weighted by molar-refractivity contribution is 5.19. The Bertz CT molecular complexity index is 314. The minimum absolute atomic E-state index is 0.102. The lowest BCUT2D eigenvalue weighted by Gasteiger charge is -2.24. The van der Waals surface area contributed by atoms with Crippen LogP contribution in [0.25, 0.3) is 0 Å². The molecule has 0 saturated carbocycles. The quantitative estimate of drug-likeness (QED) is 0.809. The van der Waals surface area contributed by atoms with Crippen LogP contribution in [0.15, 0.2) is 18.2 Å². The van der Waals surface area contributed by atoms with Crippen LogP contribution >= 0.6 is 0 Å². The van der Waals surface area contributed by atoms with Gasteiger partial charge in [0.1, 0.15) is 11.6 Å². The number of hydrogen-bond donors (Lipinski definition) is 1. The fourth-order valence-electron chi connectivity index (χ4n) is 1.15. The third-order valence-corrected chi connectivity index (χ3v) is 2.69. The molecule has 0 heterocycles. The van der Waals surface area contributed by atoms with E-state index in [1.54, 1.807) is 0 Å². The summed E-state index contributed by atoms with van der Waals surface area (Å²) < 4.78 is 26.5.